The van der Waals surface area contributed by atoms with Crippen molar-refractivity contribution in [3.05, 3.63) is 29.6 Å². The van der Waals surface area contributed by atoms with Crippen LogP contribution in [-0.2, 0) is 0 Å². The summed E-state index contributed by atoms with van der Waals surface area (Å²) in [5.74, 6) is 0.905. The van der Waals surface area contributed by atoms with Gasteiger partial charge in [-0.1, -0.05) is 18.9 Å². The molecular weight excluding hydrogens is 269 g/mol. The molecule has 0 radical (unpaired) electrons. The van der Waals surface area contributed by atoms with E-state index in [9.17, 15) is 9.50 Å². The van der Waals surface area contributed by atoms with Gasteiger partial charge in [-0.25, -0.2) is 4.39 Å². The number of benzene rings is 1. The molecule has 3 atom stereocenters. The number of rotatable bonds is 6. The van der Waals surface area contributed by atoms with Crippen LogP contribution in [0.3, 0.4) is 0 Å². The number of hydrogen-bond donors (Lipinski definition) is 2. The first-order valence-corrected chi connectivity index (χ1v) is 7.83. The Morgan fingerprint density at radius 2 is 2.05 bits per heavy atom. The number of ether oxygens (including phenoxy) is 1. The zero-order valence-corrected chi connectivity index (χ0v) is 12.9. The highest BCUT2D eigenvalue weighted by molar-refractivity contribution is 5.31. The highest BCUT2D eigenvalue weighted by Crippen LogP contribution is 2.30. The fraction of sp³-hybridized carbons (Fsp3) is 0.647. The molecule has 118 valence electrons. The number of halogens is 1. The smallest absolute Gasteiger partial charge is 0.165 e. The van der Waals surface area contributed by atoms with Gasteiger partial charge < -0.3 is 15.2 Å². The van der Waals surface area contributed by atoms with Gasteiger partial charge in [-0.15, -0.1) is 0 Å². The maximum atomic E-state index is 13.4. The Morgan fingerprint density at radius 3 is 2.71 bits per heavy atom. The minimum atomic E-state index is -0.332. The molecule has 4 heteroatoms. The minimum absolute atomic E-state index is 0.140. The third-order valence-corrected chi connectivity index (χ3v) is 4.66. The van der Waals surface area contributed by atoms with E-state index < -0.39 is 0 Å². The van der Waals surface area contributed by atoms with Gasteiger partial charge in [0.05, 0.1) is 7.11 Å². The SMILES string of the molecule is COc1cc(C(C)NCC2CCCCC2CO)ccc1F. The molecule has 3 nitrogen and oxygen atoms in total. The van der Waals surface area contributed by atoms with Gasteiger partial charge in [0.2, 0.25) is 0 Å². The van der Waals surface area contributed by atoms with Crippen LogP contribution in [0.5, 0.6) is 5.75 Å². The molecule has 1 fully saturated rings. The molecule has 1 aromatic carbocycles. The van der Waals surface area contributed by atoms with E-state index in [0.717, 1.165) is 18.5 Å². The monoisotopic (exact) mass is 295 g/mol. The van der Waals surface area contributed by atoms with Crippen LogP contribution < -0.4 is 10.1 Å². The van der Waals surface area contributed by atoms with E-state index in [1.165, 1.54) is 32.4 Å². The number of aliphatic hydroxyl groups is 1. The molecular formula is C17H26FNO2. The van der Waals surface area contributed by atoms with Gasteiger partial charge in [0, 0.05) is 12.6 Å². The van der Waals surface area contributed by atoms with Gasteiger partial charge in [0.25, 0.3) is 0 Å². The van der Waals surface area contributed by atoms with Crippen molar-refractivity contribution in [2.75, 3.05) is 20.3 Å². The molecule has 1 saturated carbocycles. The molecule has 21 heavy (non-hydrogen) atoms. The van der Waals surface area contributed by atoms with Crippen molar-refractivity contribution in [2.24, 2.45) is 11.8 Å². The van der Waals surface area contributed by atoms with Gasteiger partial charge in [0.15, 0.2) is 11.6 Å². The molecule has 2 rings (SSSR count). The quantitative estimate of drug-likeness (QED) is 0.846. The first kappa shape index (κ1) is 16.2. The molecule has 0 heterocycles. The van der Waals surface area contributed by atoms with Gasteiger partial charge in [-0.05, 0) is 55.8 Å². The molecule has 0 aromatic heterocycles. The van der Waals surface area contributed by atoms with Crippen molar-refractivity contribution in [2.45, 2.75) is 38.6 Å². The van der Waals surface area contributed by atoms with Gasteiger partial charge in [-0.2, -0.15) is 0 Å². The molecule has 0 bridgehead atoms. The second-order valence-electron chi connectivity index (χ2n) is 6.01. The largest absolute Gasteiger partial charge is 0.494 e. The standard InChI is InChI=1S/C17H26FNO2/c1-12(13-7-8-16(18)17(9-13)21-2)19-10-14-5-3-4-6-15(14)11-20/h7-9,12,14-15,19-20H,3-6,10-11H2,1-2H3. The summed E-state index contributed by atoms with van der Waals surface area (Å²) in [6.07, 6.45) is 4.79. The van der Waals surface area contributed by atoms with E-state index in [4.69, 9.17) is 4.74 Å². The summed E-state index contributed by atoms with van der Waals surface area (Å²) in [7, 11) is 1.48. The first-order valence-electron chi connectivity index (χ1n) is 7.83. The molecule has 0 saturated heterocycles. The average molecular weight is 295 g/mol. The fourth-order valence-corrected chi connectivity index (χ4v) is 3.19. The second-order valence-corrected chi connectivity index (χ2v) is 6.01. The summed E-state index contributed by atoms with van der Waals surface area (Å²) in [6.45, 7) is 3.25. The number of methoxy groups -OCH3 is 1. The Labute approximate surface area is 126 Å². The molecule has 2 N–H and O–H groups in total. The van der Waals surface area contributed by atoms with Crippen molar-refractivity contribution >= 4 is 0 Å². The van der Waals surface area contributed by atoms with Crippen molar-refractivity contribution in [3.63, 3.8) is 0 Å². The van der Waals surface area contributed by atoms with Crippen LogP contribution in [0.25, 0.3) is 0 Å². The van der Waals surface area contributed by atoms with Crippen LogP contribution in [0.2, 0.25) is 0 Å². The van der Waals surface area contributed by atoms with E-state index in [1.807, 2.05) is 0 Å². The topological polar surface area (TPSA) is 41.5 Å². The van der Waals surface area contributed by atoms with E-state index in [-0.39, 0.29) is 24.2 Å². The lowest BCUT2D eigenvalue weighted by molar-refractivity contribution is 0.131. The van der Waals surface area contributed by atoms with Crippen LogP contribution >= 0.6 is 0 Å². The van der Waals surface area contributed by atoms with Crippen LogP contribution in [-0.4, -0.2) is 25.4 Å². The minimum Gasteiger partial charge on any atom is -0.494 e. The van der Waals surface area contributed by atoms with Crippen LogP contribution in [0.15, 0.2) is 18.2 Å². The lowest BCUT2D eigenvalue weighted by atomic mass is 9.79. The van der Waals surface area contributed by atoms with E-state index in [2.05, 4.69) is 12.2 Å². The molecule has 0 amide bonds. The van der Waals surface area contributed by atoms with Crippen molar-refractivity contribution in [3.8, 4) is 5.75 Å². The maximum absolute atomic E-state index is 13.4. The van der Waals surface area contributed by atoms with Crippen LogP contribution in [0, 0.1) is 17.7 Å². The van der Waals surface area contributed by atoms with Crippen molar-refractivity contribution < 1.29 is 14.2 Å². The summed E-state index contributed by atoms with van der Waals surface area (Å²) in [5.41, 5.74) is 1.02. The average Bonchev–Trinajstić information content (AvgIpc) is 2.53. The lowest BCUT2D eigenvalue weighted by Crippen LogP contribution is -2.33. The second kappa shape index (κ2) is 7.76. The summed E-state index contributed by atoms with van der Waals surface area (Å²) < 4.78 is 18.5. The molecule has 1 aliphatic rings. The first-order chi connectivity index (χ1) is 10.2. The Morgan fingerprint density at radius 1 is 1.33 bits per heavy atom. The van der Waals surface area contributed by atoms with E-state index in [1.54, 1.807) is 12.1 Å². The molecule has 1 aliphatic carbocycles. The predicted molar refractivity (Wildman–Crippen MR) is 81.9 cm³/mol. The molecule has 0 spiro atoms. The van der Waals surface area contributed by atoms with Gasteiger partial charge in [-0.3, -0.25) is 0 Å². The number of nitrogens with one attached hydrogen (secondary N) is 1. The van der Waals surface area contributed by atoms with E-state index in [0.29, 0.717) is 11.8 Å². The zero-order valence-electron chi connectivity index (χ0n) is 12.9. The number of aliphatic hydroxyl groups excluding tert-OH is 1. The van der Waals surface area contributed by atoms with Gasteiger partial charge >= 0.3 is 0 Å². The maximum Gasteiger partial charge on any atom is 0.165 e. The lowest BCUT2D eigenvalue weighted by Gasteiger charge is -2.31. The zero-order chi connectivity index (χ0) is 15.2. The van der Waals surface area contributed by atoms with Gasteiger partial charge in [0.1, 0.15) is 0 Å². The van der Waals surface area contributed by atoms with Crippen molar-refractivity contribution in [1.29, 1.82) is 0 Å². The fourth-order valence-electron chi connectivity index (χ4n) is 3.19. The third-order valence-electron chi connectivity index (χ3n) is 4.66. The van der Waals surface area contributed by atoms with Crippen LogP contribution in [0.4, 0.5) is 4.39 Å². The molecule has 3 unspecified atom stereocenters. The summed E-state index contributed by atoms with van der Waals surface area (Å²) >= 11 is 0. The molecule has 1 aromatic rings. The Bertz CT molecular complexity index is 452. The van der Waals surface area contributed by atoms with Crippen molar-refractivity contribution in [1.82, 2.24) is 5.32 Å². The summed E-state index contributed by atoms with van der Waals surface area (Å²) in [6, 6.07) is 5.13. The molecule has 0 aliphatic heterocycles. The normalized spacial score (nSPS) is 23.8. The Hall–Kier alpha value is -1.13. The highest BCUT2D eigenvalue weighted by atomic mass is 19.1. The Balaban J connectivity index is 1.93. The highest BCUT2D eigenvalue weighted by Gasteiger charge is 2.24. The Kier molecular flexibility index (Phi) is 6.00. The number of hydrogen-bond acceptors (Lipinski definition) is 3. The summed E-state index contributed by atoms with van der Waals surface area (Å²) in [4.78, 5) is 0. The third kappa shape index (κ3) is 4.17. The van der Waals surface area contributed by atoms with E-state index >= 15 is 0 Å². The van der Waals surface area contributed by atoms with Crippen LogP contribution in [0.1, 0.15) is 44.2 Å². The predicted octanol–water partition coefficient (Wildman–Crippen LogP) is 3.28. The summed E-state index contributed by atoms with van der Waals surface area (Å²) in [5, 5.41) is 13.0.